The lowest BCUT2D eigenvalue weighted by molar-refractivity contribution is -0.804. The van der Waals surface area contributed by atoms with Crippen molar-refractivity contribution in [3.63, 3.8) is 0 Å². The summed E-state index contributed by atoms with van der Waals surface area (Å²) in [6.45, 7) is 2.38. The molecule has 1 fully saturated rings. The van der Waals surface area contributed by atoms with Crippen LogP contribution >= 0.6 is 15.9 Å². The first kappa shape index (κ1) is 11.4. The standard InChI is InChI=1S/C9H11BrN4O2/c10-7-1-3-13(4-2-7)6-8-9(5-11)14(15)16-12-8/h7H,1-4,6H2. The molecule has 0 bridgehead atoms. The minimum Gasteiger partial charge on any atom is -0.358 e. The summed E-state index contributed by atoms with van der Waals surface area (Å²) in [5.74, 6) is 0. The van der Waals surface area contributed by atoms with E-state index in [0.717, 1.165) is 25.9 Å². The lowest BCUT2D eigenvalue weighted by atomic mass is 10.1. The Kier molecular flexibility index (Phi) is 3.41. The molecule has 2 heterocycles. The second-order valence-corrected chi connectivity index (χ2v) is 5.08. The molecule has 86 valence electrons. The smallest absolute Gasteiger partial charge is 0.299 e. The summed E-state index contributed by atoms with van der Waals surface area (Å²) in [7, 11) is 0. The van der Waals surface area contributed by atoms with Crippen LogP contribution in [0, 0.1) is 16.5 Å². The average molecular weight is 287 g/mol. The lowest BCUT2D eigenvalue weighted by Gasteiger charge is -2.27. The molecule has 0 spiro atoms. The Bertz CT molecular complexity index is 406. The van der Waals surface area contributed by atoms with Crippen LogP contribution in [-0.4, -0.2) is 28.0 Å². The van der Waals surface area contributed by atoms with Crippen LogP contribution in [0.4, 0.5) is 0 Å². The van der Waals surface area contributed by atoms with E-state index in [2.05, 4.69) is 30.6 Å². The number of halogens is 1. The van der Waals surface area contributed by atoms with Gasteiger partial charge in [0.25, 0.3) is 11.4 Å². The summed E-state index contributed by atoms with van der Waals surface area (Å²) in [6.07, 6.45) is 2.13. The fourth-order valence-corrected chi connectivity index (χ4v) is 2.17. The molecular weight excluding hydrogens is 276 g/mol. The molecule has 1 aromatic heterocycles. The van der Waals surface area contributed by atoms with Crippen molar-refractivity contribution in [1.29, 1.82) is 5.26 Å². The minimum absolute atomic E-state index is 0.0408. The van der Waals surface area contributed by atoms with E-state index in [9.17, 15) is 5.21 Å². The van der Waals surface area contributed by atoms with Gasteiger partial charge in [0, 0.05) is 9.98 Å². The van der Waals surface area contributed by atoms with Crippen LogP contribution in [0.3, 0.4) is 0 Å². The number of aromatic nitrogens is 2. The largest absolute Gasteiger partial charge is 0.358 e. The number of rotatable bonds is 2. The van der Waals surface area contributed by atoms with Gasteiger partial charge in [-0.1, -0.05) is 15.9 Å². The number of nitrogens with zero attached hydrogens (tertiary/aromatic N) is 4. The molecule has 0 unspecified atom stereocenters. The normalized spacial score (nSPS) is 18.5. The summed E-state index contributed by atoms with van der Waals surface area (Å²) >= 11 is 3.57. The molecule has 1 saturated heterocycles. The quantitative estimate of drug-likeness (QED) is 0.586. The monoisotopic (exact) mass is 286 g/mol. The van der Waals surface area contributed by atoms with Crippen LogP contribution in [0.1, 0.15) is 24.2 Å². The van der Waals surface area contributed by atoms with Crippen LogP contribution in [0.25, 0.3) is 0 Å². The van der Waals surface area contributed by atoms with Crippen molar-refractivity contribution in [2.75, 3.05) is 13.1 Å². The predicted molar refractivity (Wildman–Crippen MR) is 57.4 cm³/mol. The highest BCUT2D eigenvalue weighted by molar-refractivity contribution is 9.09. The fourth-order valence-electron chi connectivity index (χ4n) is 1.76. The van der Waals surface area contributed by atoms with Gasteiger partial charge in [0.1, 0.15) is 0 Å². The van der Waals surface area contributed by atoms with Gasteiger partial charge in [-0.05, 0) is 30.8 Å². The Labute approximate surface area is 101 Å². The van der Waals surface area contributed by atoms with Gasteiger partial charge in [-0.3, -0.25) is 9.53 Å². The topological polar surface area (TPSA) is 80.0 Å². The molecule has 0 aromatic carbocycles. The van der Waals surface area contributed by atoms with Crippen molar-refractivity contribution < 1.29 is 9.53 Å². The van der Waals surface area contributed by atoms with Gasteiger partial charge in [-0.15, -0.1) is 0 Å². The molecule has 0 atom stereocenters. The van der Waals surface area contributed by atoms with Crippen molar-refractivity contribution in [2.24, 2.45) is 0 Å². The van der Waals surface area contributed by atoms with Gasteiger partial charge in [0.05, 0.1) is 6.54 Å². The molecule has 0 amide bonds. The Morgan fingerprint density at radius 1 is 1.62 bits per heavy atom. The molecule has 2 rings (SSSR count). The Morgan fingerprint density at radius 2 is 2.31 bits per heavy atom. The second kappa shape index (κ2) is 4.80. The number of alkyl halides is 1. The van der Waals surface area contributed by atoms with Gasteiger partial charge in [-0.25, -0.2) is 0 Å². The highest BCUT2D eigenvalue weighted by atomic mass is 79.9. The third kappa shape index (κ3) is 2.33. The highest BCUT2D eigenvalue weighted by Crippen LogP contribution is 2.18. The lowest BCUT2D eigenvalue weighted by Crippen LogP contribution is -2.34. The molecule has 0 saturated carbocycles. The Morgan fingerprint density at radius 3 is 2.94 bits per heavy atom. The zero-order chi connectivity index (χ0) is 11.5. The maximum Gasteiger partial charge on any atom is 0.299 e. The maximum absolute atomic E-state index is 11.0. The van der Waals surface area contributed by atoms with E-state index in [1.807, 2.05) is 0 Å². The van der Waals surface area contributed by atoms with E-state index in [1.54, 1.807) is 6.07 Å². The zero-order valence-electron chi connectivity index (χ0n) is 8.60. The Hall–Kier alpha value is -1.13. The van der Waals surface area contributed by atoms with E-state index in [4.69, 9.17) is 5.26 Å². The predicted octanol–water partition coefficient (Wildman–Crippen LogP) is 0.539. The van der Waals surface area contributed by atoms with Gasteiger partial charge >= 0.3 is 0 Å². The summed E-state index contributed by atoms with van der Waals surface area (Å²) in [4.78, 5) is 2.89. The molecule has 6 nitrogen and oxygen atoms in total. The molecule has 0 N–H and O–H groups in total. The van der Waals surface area contributed by atoms with Gasteiger partial charge in [0.2, 0.25) is 0 Å². The van der Waals surface area contributed by atoms with Crippen LogP contribution < -0.4 is 4.90 Å². The van der Waals surface area contributed by atoms with Crippen LogP contribution in [0.15, 0.2) is 4.63 Å². The van der Waals surface area contributed by atoms with Gasteiger partial charge in [-0.2, -0.15) is 5.26 Å². The van der Waals surface area contributed by atoms with Crippen LogP contribution in [0.5, 0.6) is 0 Å². The summed E-state index contributed by atoms with van der Waals surface area (Å²) in [5.41, 5.74) is 0.381. The summed E-state index contributed by atoms with van der Waals surface area (Å²) < 4.78 is 4.40. The zero-order valence-corrected chi connectivity index (χ0v) is 10.2. The van der Waals surface area contributed by atoms with E-state index in [-0.39, 0.29) is 10.6 Å². The van der Waals surface area contributed by atoms with E-state index < -0.39 is 0 Å². The van der Waals surface area contributed by atoms with Gasteiger partial charge in [0.15, 0.2) is 6.07 Å². The second-order valence-electron chi connectivity index (χ2n) is 3.79. The first-order valence-electron chi connectivity index (χ1n) is 5.06. The maximum atomic E-state index is 11.0. The fraction of sp³-hybridized carbons (Fsp3) is 0.667. The van der Waals surface area contributed by atoms with E-state index in [1.165, 1.54) is 0 Å². The number of hydrogen-bond donors (Lipinski definition) is 0. The average Bonchev–Trinajstić information content (AvgIpc) is 2.63. The molecule has 1 aliphatic rings. The summed E-state index contributed by atoms with van der Waals surface area (Å²) in [6, 6.07) is 1.80. The van der Waals surface area contributed by atoms with Crippen molar-refractivity contribution in [3.8, 4) is 6.07 Å². The van der Waals surface area contributed by atoms with Crippen LogP contribution in [-0.2, 0) is 6.54 Å². The molecule has 0 radical (unpaired) electrons. The van der Waals surface area contributed by atoms with E-state index >= 15 is 0 Å². The number of piperidine rings is 1. The molecule has 1 aromatic rings. The van der Waals surface area contributed by atoms with E-state index in [0.29, 0.717) is 17.1 Å². The molecule has 16 heavy (non-hydrogen) atoms. The van der Waals surface area contributed by atoms with Crippen molar-refractivity contribution in [1.82, 2.24) is 10.1 Å². The van der Waals surface area contributed by atoms with Gasteiger partial charge < -0.3 is 5.21 Å². The Balaban J connectivity index is 2.02. The minimum atomic E-state index is -0.0408. The van der Waals surface area contributed by atoms with Crippen molar-refractivity contribution >= 4 is 15.9 Å². The summed E-state index contributed by atoms with van der Waals surface area (Å²) in [5, 5.41) is 23.4. The highest BCUT2D eigenvalue weighted by Gasteiger charge is 2.24. The molecule has 1 aliphatic heterocycles. The third-order valence-corrected chi connectivity index (χ3v) is 3.59. The van der Waals surface area contributed by atoms with Crippen molar-refractivity contribution in [2.45, 2.75) is 24.2 Å². The number of hydrogen-bond acceptors (Lipinski definition) is 5. The van der Waals surface area contributed by atoms with Crippen LogP contribution in [0.2, 0.25) is 0 Å². The van der Waals surface area contributed by atoms with Crippen molar-refractivity contribution in [3.05, 3.63) is 16.6 Å². The molecule has 7 heteroatoms. The third-order valence-electron chi connectivity index (χ3n) is 2.68. The number of likely N-dealkylation sites (tertiary alicyclic amines) is 1. The SMILES string of the molecule is N#Cc1c(CN2CCC(Br)CC2)no[n+]1[O-]. The first-order valence-corrected chi connectivity index (χ1v) is 5.97. The number of nitriles is 1. The molecular formula is C9H11BrN4O2. The molecule has 0 aliphatic carbocycles. The first-order chi connectivity index (χ1) is 7.70.